The number of benzene rings is 1. The van der Waals surface area contributed by atoms with Crippen LogP contribution in [0.15, 0.2) is 24.4 Å². The molecule has 2 aromatic rings. The summed E-state index contributed by atoms with van der Waals surface area (Å²) in [5.41, 5.74) is 0.864. The second-order valence-electron chi connectivity index (χ2n) is 5.76. The number of rotatable bonds is 6. The maximum atomic E-state index is 5.58. The van der Waals surface area contributed by atoms with E-state index in [1.807, 2.05) is 18.2 Å². The first kappa shape index (κ1) is 15.3. The van der Waals surface area contributed by atoms with Gasteiger partial charge in [0.15, 0.2) is 17.3 Å². The largest absolute Gasteiger partial charge is 0.486 e. The average Bonchev–Trinajstić information content (AvgIpc) is 2.55. The fourth-order valence-corrected chi connectivity index (χ4v) is 2.18. The highest BCUT2D eigenvalue weighted by Gasteiger charge is 2.12. The van der Waals surface area contributed by atoms with Crippen molar-refractivity contribution in [1.29, 1.82) is 0 Å². The minimum atomic E-state index is 0.521. The van der Waals surface area contributed by atoms with E-state index < -0.39 is 0 Å². The first-order chi connectivity index (χ1) is 11.2. The highest BCUT2D eigenvalue weighted by molar-refractivity contribution is 5.61. The maximum absolute atomic E-state index is 5.58. The van der Waals surface area contributed by atoms with Crippen LogP contribution in [0.5, 0.6) is 11.5 Å². The monoisotopic (exact) mass is 315 g/mol. The van der Waals surface area contributed by atoms with E-state index >= 15 is 0 Å². The zero-order chi connectivity index (χ0) is 16.1. The minimum absolute atomic E-state index is 0.521. The second kappa shape index (κ2) is 7.13. The summed E-state index contributed by atoms with van der Waals surface area (Å²) in [5.74, 6) is 3.28. The number of hydrogen-bond donors (Lipinski definition) is 2. The lowest BCUT2D eigenvalue weighted by Gasteiger charge is -2.19. The molecular formula is C16H21N5O2. The van der Waals surface area contributed by atoms with Crippen LogP contribution in [0.25, 0.3) is 0 Å². The first-order valence-corrected chi connectivity index (χ1v) is 7.81. The van der Waals surface area contributed by atoms with Gasteiger partial charge in [0.2, 0.25) is 5.95 Å². The van der Waals surface area contributed by atoms with Gasteiger partial charge in [-0.05, 0) is 24.5 Å². The van der Waals surface area contributed by atoms with Crippen molar-refractivity contribution in [3.05, 3.63) is 24.4 Å². The van der Waals surface area contributed by atoms with Gasteiger partial charge in [0, 0.05) is 18.3 Å². The smallest absolute Gasteiger partial charge is 0.244 e. The maximum Gasteiger partial charge on any atom is 0.244 e. The first-order valence-electron chi connectivity index (χ1n) is 7.81. The summed E-state index contributed by atoms with van der Waals surface area (Å²) in [5, 5.41) is 14.4. The Morgan fingerprint density at radius 3 is 2.83 bits per heavy atom. The Bertz CT molecular complexity index is 663. The number of fused-ring (bicyclic) bond motifs is 1. The molecule has 0 unspecified atom stereocenters. The Morgan fingerprint density at radius 2 is 2.00 bits per heavy atom. The van der Waals surface area contributed by atoms with Crippen molar-refractivity contribution >= 4 is 17.5 Å². The Balaban J connectivity index is 1.65. The summed E-state index contributed by atoms with van der Waals surface area (Å²) in [7, 11) is 0. The van der Waals surface area contributed by atoms with E-state index in [9.17, 15) is 0 Å². The van der Waals surface area contributed by atoms with Crippen molar-refractivity contribution in [3.8, 4) is 11.5 Å². The van der Waals surface area contributed by atoms with E-state index in [4.69, 9.17) is 9.47 Å². The predicted octanol–water partition coefficient (Wildman–Crippen LogP) is 2.84. The van der Waals surface area contributed by atoms with Crippen molar-refractivity contribution in [2.24, 2.45) is 5.92 Å². The Hall–Kier alpha value is -2.57. The van der Waals surface area contributed by atoms with Gasteiger partial charge in [0.1, 0.15) is 13.2 Å². The molecule has 7 heteroatoms. The van der Waals surface area contributed by atoms with Gasteiger partial charge < -0.3 is 20.1 Å². The third kappa shape index (κ3) is 4.21. The Labute approximate surface area is 135 Å². The van der Waals surface area contributed by atoms with Crippen molar-refractivity contribution < 1.29 is 9.47 Å². The van der Waals surface area contributed by atoms with Gasteiger partial charge in [-0.15, -0.1) is 5.10 Å². The van der Waals surface area contributed by atoms with Gasteiger partial charge in [-0.2, -0.15) is 10.1 Å². The van der Waals surface area contributed by atoms with Crippen molar-refractivity contribution in [2.75, 3.05) is 30.4 Å². The minimum Gasteiger partial charge on any atom is -0.486 e. The van der Waals surface area contributed by atoms with E-state index in [1.54, 1.807) is 6.20 Å². The van der Waals surface area contributed by atoms with Crippen LogP contribution < -0.4 is 20.1 Å². The highest BCUT2D eigenvalue weighted by atomic mass is 16.6. The van der Waals surface area contributed by atoms with Crippen molar-refractivity contribution in [3.63, 3.8) is 0 Å². The normalized spacial score (nSPS) is 13.0. The molecule has 23 heavy (non-hydrogen) atoms. The van der Waals surface area contributed by atoms with Crippen LogP contribution in [0.1, 0.15) is 20.3 Å². The number of nitrogens with zero attached hydrogens (tertiary/aromatic N) is 3. The van der Waals surface area contributed by atoms with E-state index in [1.165, 1.54) is 0 Å². The van der Waals surface area contributed by atoms with E-state index in [0.29, 0.717) is 30.9 Å². The number of hydrogen-bond acceptors (Lipinski definition) is 7. The summed E-state index contributed by atoms with van der Waals surface area (Å²) >= 11 is 0. The molecule has 0 saturated carbocycles. The van der Waals surface area contributed by atoms with Gasteiger partial charge >= 0.3 is 0 Å². The lowest BCUT2D eigenvalue weighted by molar-refractivity contribution is 0.171. The predicted molar refractivity (Wildman–Crippen MR) is 88.5 cm³/mol. The van der Waals surface area contributed by atoms with Crippen molar-refractivity contribution in [1.82, 2.24) is 15.2 Å². The summed E-state index contributed by atoms with van der Waals surface area (Å²) in [6.07, 6.45) is 2.65. The second-order valence-corrected chi connectivity index (χ2v) is 5.76. The summed E-state index contributed by atoms with van der Waals surface area (Å²) < 4.78 is 11.1. The number of nitrogens with one attached hydrogen (secondary N) is 2. The highest BCUT2D eigenvalue weighted by Crippen LogP contribution is 2.33. The Morgan fingerprint density at radius 1 is 1.17 bits per heavy atom. The van der Waals surface area contributed by atoms with Gasteiger partial charge in [-0.3, -0.25) is 0 Å². The van der Waals surface area contributed by atoms with Crippen LogP contribution in [0.2, 0.25) is 0 Å². The lowest BCUT2D eigenvalue weighted by Crippen LogP contribution is -2.15. The fraction of sp³-hybridized carbons (Fsp3) is 0.438. The molecule has 3 rings (SSSR count). The van der Waals surface area contributed by atoms with Gasteiger partial charge in [-0.25, -0.2) is 0 Å². The lowest BCUT2D eigenvalue weighted by atomic mass is 10.1. The van der Waals surface area contributed by atoms with Crippen LogP contribution in [0.4, 0.5) is 17.5 Å². The van der Waals surface area contributed by atoms with E-state index in [0.717, 1.165) is 30.2 Å². The molecule has 0 atom stereocenters. The molecule has 0 saturated heterocycles. The zero-order valence-corrected chi connectivity index (χ0v) is 13.4. The molecule has 1 aliphatic heterocycles. The molecule has 1 aromatic carbocycles. The third-order valence-electron chi connectivity index (χ3n) is 3.38. The molecule has 1 aliphatic rings. The molecule has 0 amide bonds. The molecule has 0 radical (unpaired) electrons. The molecular weight excluding hydrogens is 294 g/mol. The van der Waals surface area contributed by atoms with Crippen LogP contribution in [0.3, 0.4) is 0 Å². The SMILES string of the molecule is CC(C)CCNc1nncc(Nc2ccc3c(c2)OCCO3)n1. The molecule has 0 bridgehead atoms. The van der Waals surface area contributed by atoms with Gasteiger partial charge in [0.25, 0.3) is 0 Å². The third-order valence-corrected chi connectivity index (χ3v) is 3.38. The molecule has 0 spiro atoms. The molecule has 2 N–H and O–H groups in total. The van der Waals surface area contributed by atoms with Crippen LogP contribution >= 0.6 is 0 Å². The summed E-state index contributed by atoms with van der Waals surface area (Å²) in [4.78, 5) is 4.41. The van der Waals surface area contributed by atoms with Crippen LogP contribution in [0, 0.1) is 5.92 Å². The molecule has 0 fully saturated rings. The average molecular weight is 315 g/mol. The van der Waals surface area contributed by atoms with E-state index in [-0.39, 0.29) is 0 Å². The fourth-order valence-electron chi connectivity index (χ4n) is 2.18. The Kier molecular flexibility index (Phi) is 4.75. The number of aromatic nitrogens is 3. The zero-order valence-electron chi connectivity index (χ0n) is 13.4. The van der Waals surface area contributed by atoms with Gasteiger partial charge in [0.05, 0.1) is 6.20 Å². The summed E-state index contributed by atoms with van der Waals surface area (Å²) in [6, 6.07) is 5.69. The molecule has 122 valence electrons. The topological polar surface area (TPSA) is 81.2 Å². The molecule has 0 aliphatic carbocycles. The number of anilines is 3. The molecule has 7 nitrogen and oxygen atoms in total. The summed E-state index contributed by atoms with van der Waals surface area (Å²) in [6.45, 7) is 6.34. The van der Waals surface area contributed by atoms with Crippen LogP contribution in [-0.2, 0) is 0 Å². The van der Waals surface area contributed by atoms with Crippen LogP contribution in [-0.4, -0.2) is 34.9 Å². The standard InChI is InChI=1S/C16H21N5O2/c1-11(2)5-6-17-16-20-15(10-18-21-16)19-12-3-4-13-14(9-12)23-8-7-22-13/h3-4,9-11H,5-8H2,1-2H3,(H2,17,19,20,21). The number of ether oxygens (including phenoxy) is 2. The molecule has 2 heterocycles. The molecule has 1 aromatic heterocycles. The van der Waals surface area contributed by atoms with Crippen molar-refractivity contribution in [2.45, 2.75) is 20.3 Å². The van der Waals surface area contributed by atoms with Gasteiger partial charge in [-0.1, -0.05) is 13.8 Å². The quantitative estimate of drug-likeness (QED) is 0.848. The van der Waals surface area contributed by atoms with E-state index in [2.05, 4.69) is 39.7 Å².